The minimum absolute atomic E-state index is 0.179. The van der Waals surface area contributed by atoms with Gasteiger partial charge in [-0.05, 0) is 26.8 Å². The fourth-order valence-corrected chi connectivity index (χ4v) is 1.53. The first-order valence-electron chi connectivity index (χ1n) is 5.91. The van der Waals surface area contributed by atoms with Crippen molar-refractivity contribution in [2.24, 2.45) is 0 Å². The van der Waals surface area contributed by atoms with Crippen molar-refractivity contribution < 1.29 is 9.47 Å². The van der Waals surface area contributed by atoms with Gasteiger partial charge in [-0.15, -0.1) is 0 Å². The predicted octanol–water partition coefficient (Wildman–Crippen LogP) is 2.60. The minimum atomic E-state index is -0.179. The molecule has 0 saturated carbocycles. The Labute approximate surface area is 104 Å². The Kier molecular flexibility index (Phi) is 4.97. The van der Waals surface area contributed by atoms with Gasteiger partial charge < -0.3 is 14.8 Å². The number of rotatable bonds is 6. The van der Waals surface area contributed by atoms with Crippen LogP contribution in [-0.4, -0.2) is 25.9 Å². The van der Waals surface area contributed by atoms with E-state index in [2.05, 4.69) is 32.2 Å². The van der Waals surface area contributed by atoms with Crippen LogP contribution < -0.4 is 10.1 Å². The van der Waals surface area contributed by atoms with Crippen LogP contribution in [0.3, 0.4) is 0 Å². The molecule has 0 radical (unpaired) electrons. The molecule has 1 atom stereocenters. The average Bonchev–Trinajstić information content (AvgIpc) is 2.36. The number of hydrogen-bond acceptors (Lipinski definition) is 3. The summed E-state index contributed by atoms with van der Waals surface area (Å²) in [5.41, 5.74) is 0.982. The number of hydrogen-bond donors (Lipinski definition) is 1. The third kappa shape index (κ3) is 3.72. The molecule has 1 aromatic rings. The van der Waals surface area contributed by atoms with Crippen LogP contribution in [0.2, 0.25) is 0 Å². The second-order valence-corrected chi connectivity index (χ2v) is 4.72. The lowest BCUT2D eigenvalue weighted by atomic mass is 10.00. The van der Waals surface area contributed by atoms with Gasteiger partial charge in [0.15, 0.2) is 0 Å². The van der Waals surface area contributed by atoms with Gasteiger partial charge in [0.2, 0.25) is 0 Å². The van der Waals surface area contributed by atoms with Crippen molar-refractivity contribution in [3.63, 3.8) is 0 Å². The molecule has 1 N–H and O–H groups in total. The van der Waals surface area contributed by atoms with Gasteiger partial charge in [-0.25, -0.2) is 0 Å². The fraction of sp³-hybridized carbons (Fsp3) is 0.571. The molecule has 0 aliphatic carbocycles. The van der Waals surface area contributed by atoms with Gasteiger partial charge in [0, 0.05) is 25.3 Å². The van der Waals surface area contributed by atoms with Crippen LogP contribution in [0.1, 0.15) is 26.3 Å². The first-order chi connectivity index (χ1) is 8.01. The van der Waals surface area contributed by atoms with E-state index >= 15 is 0 Å². The van der Waals surface area contributed by atoms with E-state index in [1.807, 2.05) is 18.2 Å². The Bertz CT molecular complexity index is 350. The van der Waals surface area contributed by atoms with Gasteiger partial charge in [0.25, 0.3) is 0 Å². The van der Waals surface area contributed by atoms with Gasteiger partial charge in [0.05, 0.1) is 12.7 Å². The second kappa shape index (κ2) is 6.03. The Morgan fingerprint density at radius 3 is 2.47 bits per heavy atom. The smallest absolute Gasteiger partial charge is 0.123 e. The van der Waals surface area contributed by atoms with Crippen molar-refractivity contribution in [3.8, 4) is 5.75 Å². The summed E-state index contributed by atoms with van der Waals surface area (Å²) in [6.45, 7) is 7.05. The van der Waals surface area contributed by atoms with Crippen LogP contribution >= 0.6 is 0 Å². The van der Waals surface area contributed by atoms with Crippen LogP contribution in [0.25, 0.3) is 0 Å². The number of methoxy groups -OCH3 is 2. The molecule has 0 fully saturated rings. The van der Waals surface area contributed by atoms with Crippen LogP contribution in [0.5, 0.6) is 5.75 Å². The highest BCUT2D eigenvalue weighted by Gasteiger charge is 2.24. The molecule has 96 valence electrons. The largest absolute Gasteiger partial charge is 0.496 e. The van der Waals surface area contributed by atoms with Gasteiger partial charge in [-0.2, -0.15) is 0 Å². The van der Waals surface area contributed by atoms with Crippen molar-refractivity contribution in [3.05, 3.63) is 29.8 Å². The molecule has 0 aromatic heterocycles. The number of para-hydroxylation sites is 1. The second-order valence-electron chi connectivity index (χ2n) is 4.72. The summed E-state index contributed by atoms with van der Waals surface area (Å²) in [7, 11) is 3.43. The maximum atomic E-state index is 5.45. The quantitative estimate of drug-likeness (QED) is 0.825. The molecule has 1 rings (SSSR count). The fourth-order valence-electron chi connectivity index (χ4n) is 1.53. The third-order valence-electron chi connectivity index (χ3n) is 3.36. The SMILES string of the molecule is COc1ccccc1CNC(C)C(C)(C)OC. The van der Waals surface area contributed by atoms with Crippen molar-refractivity contribution in [2.75, 3.05) is 14.2 Å². The molecular formula is C14H23NO2. The van der Waals surface area contributed by atoms with E-state index in [-0.39, 0.29) is 11.6 Å². The molecule has 3 nitrogen and oxygen atoms in total. The van der Waals surface area contributed by atoms with E-state index < -0.39 is 0 Å². The summed E-state index contributed by atoms with van der Waals surface area (Å²) in [5, 5.41) is 3.46. The van der Waals surface area contributed by atoms with Crippen LogP contribution in [0.4, 0.5) is 0 Å². The highest BCUT2D eigenvalue weighted by atomic mass is 16.5. The molecule has 0 spiro atoms. The Hall–Kier alpha value is -1.06. The molecule has 0 saturated heterocycles. The maximum Gasteiger partial charge on any atom is 0.123 e. The predicted molar refractivity (Wildman–Crippen MR) is 70.4 cm³/mol. The van der Waals surface area contributed by atoms with Crippen molar-refractivity contribution in [1.29, 1.82) is 0 Å². The first kappa shape index (κ1) is 14.0. The Morgan fingerprint density at radius 1 is 1.24 bits per heavy atom. The Morgan fingerprint density at radius 2 is 1.88 bits per heavy atom. The first-order valence-corrected chi connectivity index (χ1v) is 5.91. The lowest BCUT2D eigenvalue weighted by Gasteiger charge is -2.31. The molecule has 1 unspecified atom stereocenters. The lowest BCUT2D eigenvalue weighted by molar-refractivity contribution is -0.00548. The van der Waals surface area contributed by atoms with Crippen LogP contribution in [-0.2, 0) is 11.3 Å². The van der Waals surface area contributed by atoms with Crippen LogP contribution in [0, 0.1) is 0 Å². The monoisotopic (exact) mass is 237 g/mol. The molecule has 0 heterocycles. The van der Waals surface area contributed by atoms with E-state index in [1.165, 1.54) is 0 Å². The standard InChI is InChI=1S/C14H23NO2/c1-11(14(2,3)17-5)15-10-12-8-6-7-9-13(12)16-4/h6-9,11,15H,10H2,1-5H3. The highest BCUT2D eigenvalue weighted by Crippen LogP contribution is 2.18. The van der Waals surface area contributed by atoms with E-state index in [4.69, 9.17) is 9.47 Å². The molecule has 0 bridgehead atoms. The maximum absolute atomic E-state index is 5.45. The van der Waals surface area contributed by atoms with E-state index in [9.17, 15) is 0 Å². The molecule has 17 heavy (non-hydrogen) atoms. The Balaban J connectivity index is 2.61. The summed E-state index contributed by atoms with van der Waals surface area (Å²) in [5.74, 6) is 0.919. The molecule has 1 aromatic carbocycles. The lowest BCUT2D eigenvalue weighted by Crippen LogP contribution is -2.45. The molecule has 0 aliphatic heterocycles. The van der Waals surface area contributed by atoms with Gasteiger partial charge in [-0.3, -0.25) is 0 Å². The van der Waals surface area contributed by atoms with Crippen molar-refractivity contribution in [1.82, 2.24) is 5.32 Å². The number of ether oxygens (including phenoxy) is 2. The van der Waals surface area contributed by atoms with E-state index in [0.717, 1.165) is 17.9 Å². The van der Waals surface area contributed by atoms with Crippen LogP contribution in [0.15, 0.2) is 24.3 Å². The van der Waals surface area contributed by atoms with Crippen molar-refractivity contribution in [2.45, 2.75) is 39.0 Å². The summed E-state index contributed by atoms with van der Waals surface area (Å²) in [6.07, 6.45) is 0. The van der Waals surface area contributed by atoms with Gasteiger partial charge in [0.1, 0.15) is 5.75 Å². The minimum Gasteiger partial charge on any atom is -0.496 e. The molecular weight excluding hydrogens is 214 g/mol. The van der Waals surface area contributed by atoms with E-state index in [0.29, 0.717) is 0 Å². The summed E-state index contributed by atoms with van der Waals surface area (Å²) in [6, 6.07) is 8.30. The topological polar surface area (TPSA) is 30.5 Å². The molecule has 0 amide bonds. The number of nitrogens with one attached hydrogen (secondary N) is 1. The zero-order valence-electron chi connectivity index (χ0n) is 11.4. The normalized spacial score (nSPS) is 13.5. The van der Waals surface area contributed by atoms with Crippen molar-refractivity contribution >= 4 is 0 Å². The zero-order valence-corrected chi connectivity index (χ0v) is 11.4. The summed E-state index contributed by atoms with van der Waals surface area (Å²) < 4.78 is 10.8. The summed E-state index contributed by atoms with van der Waals surface area (Å²) in [4.78, 5) is 0. The third-order valence-corrected chi connectivity index (χ3v) is 3.36. The van der Waals surface area contributed by atoms with E-state index in [1.54, 1.807) is 14.2 Å². The van der Waals surface area contributed by atoms with Gasteiger partial charge >= 0.3 is 0 Å². The number of benzene rings is 1. The summed E-state index contributed by atoms with van der Waals surface area (Å²) >= 11 is 0. The molecule has 0 aliphatic rings. The molecule has 3 heteroatoms. The zero-order chi connectivity index (χ0) is 12.9. The highest BCUT2D eigenvalue weighted by molar-refractivity contribution is 5.33. The average molecular weight is 237 g/mol. The van der Waals surface area contributed by atoms with Gasteiger partial charge in [-0.1, -0.05) is 18.2 Å².